The number of benzene rings is 2. The van der Waals surface area contributed by atoms with Crippen LogP contribution in [0, 0.1) is 0 Å². The summed E-state index contributed by atoms with van der Waals surface area (Å²) in [6.45, 7) is 3.68. The summed E-state index contributed by atoms with van der Waals surface area (Å²) in [6.07, 6.45) is 0.825. The van der Waals surface area contributed by atoms with Gasteiger partial charge in [-0.25, -0.2) is 0 Å². The number of rotatable bonds is 4. The molecule has 0 aliphatic heterocycles. The quantitative estimate of drug-likeness (QED) is 0.635. The van der Waals surface area contributed by atoms with Gasteiger partial charge in [0.2, 0.25) is 0 Å². The van der Waals surface area contributed by atoms with Crippen molar-refractivity contribution in [3.63, 3.8) is 0 Å². The van der Waals surface area contributed by atoms with Gasteiger partial charge in [0.05, 0.1) is 12.5 Å². The molecule has 0 spiro atoms. The lowest BCUT2D eigenvalue weighted by Gasteiger charge is -2.22. The molecule has 0 atom stereocenters. The summed E-state index contributed by atoms with van der Waals surface area (Å²) in [7, 11) is 1.40. The Morgan fingerprint density at radius 1 is 0.952 bits per heavy atom. The molecule has 0 aliphatic rings. The molecule has 0 N–H and O–H groups in total. The Bertz CT molecular complexity index is 637. The molecule has 0 amide bonds. The van der Waals surface area contributed by atoms with E-state index in [1.54, 1.807) is 12.1 Å². The Hall–Kier alpha value is -2.42. The second kappa shape index (κ2) is 5.92. The van der Waals surface area contributed by atoms with E-state index in [1.807, 2.05) is 50.2 Å². The van der Waals surface area contributed by atoms with Gasteiger partial charge >= 0.3 is 5.97 Å². The van der Waals surface area contributed by atoms with Gasteiger partial charge in [-0.05, 0) is 30.5 Å². The molecule has 21 heavy (non-hydrogen) atoms. The lowest BCUT2D eigenvalue weighted by Crippen LogP contribution is -2.30. The number of aldehydes is 1. The highest BCUT2D eigenvalue weighted by Gasteiger charge is 2.30. The van der Waals surface area contributed by atoms with Crippen molar-refractivity contribution >= 4 is 12.3 Å². The molecule has 2 rings (SSSR count). The van der Waals surface area contributed by atoms with Gasteiger partial charge in [0.25, 0.3) is 0 Å². The van der Waals surface area contributed by atoms with Crippen LogP contribution in [0.5, 0.6) is 0 Å². The van der Waals surface area contributed by atoms with Crippen LogP contribution in [0.4, 0.5) is 0 Å². The average molecular weight is 282 g/mol. The van der Waals surface area contributed by atoms with Crippen molar-refractivity contribution in [2.75, 3.05) is 7.11 Å². The van der Waals surface area contributed by atoms with Crippen LogP contribution in [0.2, 0.25) is 0 Å². The largest absolute Gasteiger partial charge is 0.468 e. The van der Waals surface area contributed by atoms with E-state index in [9.17, 15) is 9.59 Å². The first-order chi connectivity index (χ1) is 9.98. The highest BCUT2D eigenvalue weighted by Crippen LogP contribution is 2.27. The molecule has 0 aliphatic carbocycles. The zero-order chi connectivity index (χ0) is 15.5. The Morgan fingerprint density at radius 3 is 1.86 bits per heavy atom. The van der Waals surface area contributed by atoms with Crippen LogP contribution in [0.25, 0.3) is 11.1 Å². The summed E-state index contributed by atoms with van der Waals surface area (Å²) in [5.74, 6) is -0.259. The summed E-state index contributed by atoms with van der Waals surface area (Å²) in [4.78, 5) is 22.5. The van der Waals surface area contributed by atoms with Crippen molar-refractivity contribution in [1.29, 1.82) is 0 Å². The molecule has 0 bridgehead atoms. The summed E-state index contributed by atoms with van der Waals surface area (Å²) in [5.41, 5.74) is 2.96. The Morgan fingerprint density at radius 2 is 1.43 bits per heavy atom. The highest BCUT2D eigenvalue weighted by atomic mass is 16.5. The number of methoxy groups -OCH3 is 1. The van der Waals surface area contributed by atoms with Crippen molar-refractivity contribution in [2.45, 2.75) is 19.3 Å². The van der Waals surface area contributed by atoms with Crippen LogP contribution in [0.15, 0.2) is 48.5 Å². The first-order valence-electron chi connectivity index (χ1n) is 6.73. The molecule has 0 unspecified atom stereocenters. The van der Waals surface area contributed by atoms with Crippen molar-refractivity contribution in [3.8, 4) is 11.1 Å². The van der Waals surface area contributed by atoms with Crippen LogP contribution in [0.1, 0.15) is 29.8 Å². The third kappa shape index (κ3) is 3.02. The van der Waals surface area contributed by atoms with E-state index in [1.165, 1.54) is 7.11 Å². The SMILES string of the molecule is COC(=O)C(C)(C)c1ccc(-c2ccc(C=O)cc2)cc1. The molecular weight excluding hydrogens is 264 g/mol. The molecule has 0 radical (unpaired) electrons. The summed E-state index contributed by atoms with van der Waals surface area (Å²) in [5, 5.41) is 0. The molecule has 0 saturated heterocycles. The van der Waals surface area contributed by atoms with E-state index in [2.05, 4.69) is 0 Å². The number of carbonyl (C=O) groups is 2. The standard InChI is InChI=1S/C18H18O3/c1-18(2,17(20)21-3)16-10-8-15(9-11-16)14-6-4-13(12-19)5-7-14/h4-12H,1-3H3. The Kier molecular flexibility index (Phi) is 4.22. The number of esters is 1. The fourth-order valence-corrected chi connectivity index (χ4v) is 2.21. The maximum atomic E-state index is 11.8. The molecule has 0 saturated carbocycles. The predicted molar refractivity (Wildman–Crippen MR) is 82.3 cm³/mol. The lowest BCUT2D eigenvalue weighted by atomic mass is 9.84. The van der Waals surface area contributed by atoms with Gasteiger partial charge in [-0.15, -0.1) is 0 Å². The van der Waals surface area contributed by atoms with Crippen LogP contribution < -0.4 is 0 Å². The number of ether oxygens (including phenoxy) is 1. The summed E-state index contributed by atoms with van der Waals surface area (Å²) >= 11 is 0. The summed E-state index contributed by atoms with van der Waals surface area (Å²) < 4.78 is 4.84. The molecule has 0 fully saturated rings. The third-order valence-electron chi connectivity index (χ3n) is 3.68. The van der Waals surface area contributed by atoms with Crippen LogP contribution >= 0.6 is 0 Å². The normalized spacial score (nSPS) is 11.0. The Labute approximate surface area is 124 Å². The fraction of sp³-hybridized carbons (Fsp3) is 0.222. The van der Waals surface area contributed by atoms with E-state index in [4.69, 9.17) is 4.74 Å². The number of carbonyl (C=O) groups excluding carboxylic acids is 2. The molecule has 0 aromatic heterocycles. The maximum Gasteiger partial charge on any atom is 0.315 e. The van der Waals surface area contributed by atoms with Gasteiger partial charge in [-0.1, -0.05) is 48.5 Å². The second-order valence-corrected chi connectivity index (χ2v) is 5.43. The van der Waals surface area contributed by atoms with Gasteiger partial charge in [0, 0.05) is 5.56 Å². The van der Waals surface area contributed by atoms with E-state index < -0.39 is 5.41 Å². The van der Waals surface area contributed by atoms with Crippen molar-refractivity contribution in [2.24, 2.45) is 0 Å². The number of hydrogen-bond donors (Lipinski definition) is 0. The fourth-order valence-electron chi connectivity index (χ4n) is 2.21. The van der Waals surface area contributed by atoms with Gasteiger partial charge in [-0.3, -0.25) is 9.59 Å². The monoisotopic (exact) mass is 282 g/mol. The van der Waals surface area contributed by atoms with Gasteiger partial charge < -0.3 is 4.74 Å². The molecule has 2 aromatic carbocycles. The van der Waals surface area contributed by atoms with Gasteiger partial charge in [-0.2, -0.15) is 0 Å². The zero-order valence-electron chi connectivity index (χ0n) is 12.4. The molecule has 3 nitrogen and oxygen atoms in total. The lowest BCUT2D eigenvalue weighted by molar-refractivity contribution is -0.146. The molecular formula is C18H18O3. The van der Waals surface area contributed by atoms with Crippen LogP contribution in [-0.2, 0) is 14.9 Å². The maximum absolute atomic E-state index is 11.8. The first-order valence-corrected chi connectivity index (χ1v) is 6.73. The topological polar surface area (TPSA) is 43.4 Å². The zero-order valence-corrected chi connectivity index (χ0v) is 12.4. The first kappa shape index (κ1) is 15.0. The van der Waals surface area contributed by atoms with E-state index in [0.29, 0.717) is 5.56 Å². The minimum atomic E-state index is -0.672. The highest BCUT2D eigenvalue weighted by molar-refractivity contribution is 5.82. The predicted octanol–water partition coefficient (Wildman–Crippen LogP) is 3.62. The van der Waals surface area contributed by atoms with Gasteiger partial charge in [0.1, 0.15) is 6.29 Å². The molecule has 108 valence electrons. The molecule has 0 heterocycles. The van der Waals surface area contributed by atoms with Crippen LogP contribution in [-0.4, -0.2) is 19.4 Å². The summed E-state index contributed by atoms with van der Waals surface area (Å²) in [6, 6.07) is 15.2. The van der Waals surface area contributed by atoms with Crippen molar-refractivity contribution < 1.29 is 14.3 Å². The van der Waals surface area contributed by atoms with E-state index in [0.717, 1.165) is 23.0 Å². The van der Waals surface area contributed by atoms with Crippen LogP contribution in [0.3, 0.4) is 0 Å². The minimum absolute atomic E-state index is 0.259. The molecule has 2 aromatic rings. The van der Waals surface area contributed by atoms with Gasteiger partial charge in [0.15, 0.2) is 0 Å². The second-order valence-electron chi connectivity index (χ2n) is 5.43. The third-order valence-corrected chi connectivity index (χ3v) is 3.68. The minimum Gasteiger partial charge on any atom is -0.468 e. The van der Waals surface area contributed by atoms with E-state index in [-0.39, 0.29) is 5.97 Å². The number of hydrogen-bond acceptors (Lipinski definition) is 3. The van der Waals surface area contributed by atoms with Crippen molar-refractivity contribution in [1.82, 2.24) is 0 Å². The molecule has 3 heteroatoms. The average Bonchev–Trinajstić information content (AvgIpc) is 2.54. The Balaban J connectivity index is 2.30. The smallest absolute Gasteiger partial charge is 0.315 e. The van der Waals surface area contributed by atoms with Crippen molar-refractivity contribution in [3.05, 3.63) is 59.7 Å². The van der Waals surface area contributed by atoms with E-state index >= 15 is 0 Å².